The number of nitrogens with zero attached hydrogens (tertiary/aromatic N) is 2. The van der Waals surface area contributed by atoms with Crippen molar-refractivity contribution in [3.05, 3.63) is 29.8 Å². The molecule has 1 aliphatic rings. The number of hydrogen-bond donors (Lipinski definition) is 1. The molecule has 1 aromatic rings. The minimum atomic E-state index is -3.51. The molecule has 1 saturated heterocycles. The molecule has 1 aromatic carbocycles. The molecular weight excluding hydrogens is 338 g/mol. The van der Waals surface area contributed by atoms with Gasteiger partial charge in [0.25, 0.3) is 0 Å². The first-order chi connectivity index (χ1) is 10.7. The van der Waals surface area contributed by atoms with Crippen LogP contribution in [-0.2, 0) is 20.0 Å². The van der Waals surface area contributed by atoms with E-state index in [1.54, 1.807) is 31.2 Å². The van der Waals surface area contributed by atoms with Gasteiger partial charge in [-0.15, -0.1) is 0 Å². The summed E-state index contributed by atoms with van der Waals surface area (Å²) in [4.78, 5) is 2.35. The van der Waals surface area contributed by atoms with Crippen LogP contribution < -0.4 is 4.72 Å². The molecule has 130 valence electrons. The van der Waals surface area contributed by atoms with Crippen LogP contribution in [-0.4, -0.2) is 71.6 Å². The Labute approximate surface area is 138 Å². The van der Waals surface area contributed by atoms with Crippen LogP contribution in [0.3, 0.4) is 0 Å². The summed E-state index contributed by atoms with van der Waals surface area (Å²) in [5, 5.41) is 0. The van der Waals surface area contributed by atoms with Gasteiger partial charge < -0.3 is 0 Å². The summed E-state index contributed by atoms with van der Waals surface area (Å²) in [7, 11) is -6.65. The molecule has 1 N–H and O–H groups in total. The van der Waals surface area contributed by atoms with Crippen molar-refractivity contribution >= 4 is 20.0 Å². The van der Waals surface area contributed by atoms with Gasteiger partial charge in [-0.3, -0.25) is 4.90 Å². The normalized spacial score (nSPS) is 18.2. The van der Waals surface area contributed by atoms with Gasteiger partial charge in [0.15, 0.2) is 0 Å². The number of aryl methyl sites for hydroxylation is 1. The van der Waals surface area contributed by atoms with Gasteiger partial charge in [0.1, 0.15) is 0 Å². The standard InChI is InChI=1S/C14H23N3O4S2/c1-13-5-3-4-6-14(13)23(20,21)15-7-8-16-9-11-17(12-10-16)22(2,18)19/h3-6,15H,7-12H2,1-2H3. The van der Waals surface area contributed by atoms with E-state index in [4.69, 9.17) is 0 Å². The predicted molar refractivity (Wildman–Crippen MR) is 89.2 cm³/mol. The number of hydrogen-bond acceptors (Lipinski definition) is 5. The molecule has 0 aromatic heterocycles. The van der Waals surface area contributed by atoms with Crippen LogP contribution in [0.2, 0.25) is 0 Å². The lowest BCUT2D eigenvalue weighted by Gasteiger charge is -2.33. The third kappa shape index (κ3) is 4.98. The number of piperazine rings is 1. The van der Waals surface area contributed by atoms with Gasteiger partial charge in [0, 0.05) is 39.3 Å². The molecule has 1 heterocycles. The smallest absolute Gasteiger partial charge is 0.240 e. The molecule has 9 heteroatoms. The Bertz CT molecular complexity index is 739. The summed E-state index contributed by atoms with van der Waals surface area (Å²) in [6, 6.07) is 6.85. The highest BCUT2D eigenvalue weighted by molar-refractivity contribution is 7.89. The molecule has 2 rings (SSSR count). The van der Waals surface area contributed by atoms with Gasteiger partial charge in [-0.1, -0.05) is 18.2 Å². The average Bonchev–Trinajstić information content (AvgIpc) is 2.47. The maximum absolute atomic E-state index is 12.3. The average molecular weight is 361 g/mol. The fourth-order valence-corrected chi connectivity index (χ4v) is 4.65. The van der Waals surface area contributed by atoms with E-state index in [0.29, 0.717) is 49.7 Å². The summed E-state index contributed by atoms with van der Waals surface area (Å²) in [6.07, 6.45) is 1.21. The van der Waals surface area contributed by atoms with E-state index in [1.807, 2.05) is 0 Å². The van der Waals surface area contributed by atoms with Gasteiger partial charge in [-0.2, -0.15) is 4.31 Å². The van der Waals surface area contributed by atoms with Crippen molar-refractivity contribution in [2.24, 2.45) is 0 Å². The first kappa shape index (κ1) is 18.3. The SMILES string of the molecule is Cc1ccccc1S(=O)(=O)NCCN1CCN(S(C)(=O)=O)CC1. The first-order valence-corrected chi connectivity index (χ1v) is 10.8. The van der Waals surface area contributed by atoms with Crippen molar-refractivity contribution in [2.75, 3.05) is 45.5 Å². The van der Waals surface area contributed by atoms with Crippen molar-refractivity contribution in [2.45, 2.75) is 11.8 Å². The van der Waals surface area contributed by atoms with Crippen molar-refractivity contribution in [3.63, 3.8) is 0 Å². The molecule has 0 radical (unpaired) electrons. The number of rotatable bonds is 6. The molecule has 0 spiro atoms. The van der Waals surface area contributed by atoms with E-state index >= 15 is 0 Å². The van der Waals surface area contributed by atoms with E-state index in [1.165, 1.54) is 10.6 Å². The third-order valence-corrected chi connectivity index (χ3v) is 6.83. The second kappa shape index (κ2) is 7.27. The van der Waals surface area contributed by atoms with Crippen LogP contribution in [0.1, 0.15) is 5.56 Å². The Kier molecular flexibility index (Phi) is 5.79. The number of nitrogens with one attached hydrogen (secondary N) is 1. The minimum absolute atomic E-state index is 0.293. The second-order valence-corrected chi connectivity index (χ2v) is 9.38. The maximum Gasteiger partial charge on any atom is 0.240 e. The molecule has 0 aliphatic carbocycles. The zero-order valence-corrected chi connectivity index (χ0v) is 15.0. The van der Waals surface area contributed by atoms with Crippen LogP contribution in [0, 0.1) is 6.92 Å². The van der Waals surface area contributed by atoms with Crippen LogP contribution >= 0.6 is 0 Å². The zero-order valence-electron chi connectivity index (χ0n) is 13.4. The maximum atomic E-state index is 12.3. The van der Waals surface area contributed by atoms with Gasteiger partial charge >= 0.3 is 0 Å². The highest BCUT2D eigenvalue weighted by Gasteiger charge is 2.23. The third-order valence-electron chi connectivity index (χ3n) is 3.90. The molecule has 0 saturated carbocycles. The van der Waals surface area contributed by atoms with Crippen LogP contribution in [0.4, 0.5) is 0 Å². The molecule has 0 bridgehead atoms. The summed E-state index contributed by atoms with van der Waals surface area (Å²) in [5.74, 6) is 0. The van der Waals surface area contributed by atoms with Gasteiger partial charge in [-0.05, 0) is 18.6 Å². The lowest BCUT2D eigenvalue weighted by atomic mass is 10.2. The first-order valence-electron chi connectivity index (χ1n) is 7.43. The molecule has 1 aliphatic heterocycles. The zero-order chi connectivity index (χ0) is 17.1. The monoisotopic (exact) mass is 361 g/mol. The van der Waals surface area contributed by atoms with Crippen LogP contribution in [0.15, 0.2) is 29.2 Å². The Morgan fingerprint density at radius 2 is 1.65 bits per heavy atom. The van der Waals surface area contributed by atoms with Crippen molar-refractivity contribution < 1.29 is 16.8 Å². The Hall–Kier alpha value is -1.00. The molecule has 23 heavy (non-hydrogen) atoms. The van der Waals surface area contributed by atoms with Crippen molar-refractivity contribution in [1.29, 1.82) is 0 Å². The van der Waals surface area contributed by atoms with Crippen molar-refractivity contribution in [3.8, 4) is 0 Å². The predicted octanol–water partition coefficient (Wildman–Crippen LogP) is -0.149. The minimum Gasteiger partial charge on any atom is -0.299 e. The Balaban J connectivity index is 1.83. The summed E-state index contributed by atoms with van der Waals surface area (Å²) < 4.78 is 51.5. The largest absolute Gasteiger partial charge is 0.299 e. The molecule has 1 fully saturated rings. The molecule has 0 unspecified atom stereocenters. The fourth-order valence-electron chi connectivity index (χ4n) is 2.56. The molecule has 0 amide bonds. The summed E-state index contributed by atoms with van der Waals surface area (Å²) >= 11 is 0. The topological polar surface area (TPSA) is 86.8 Å². The van der Waals surface area contributed by atoms with Gasteiger partial charge in [0.05, 0.1) is 11.2 Å². The molecule has 7 nitrogen and oxygen atoms in total. The molecule has 0 atom stereocenters. The van der Waals surface area contributed by atoms with Gasteiger partial charge in [-0.25, -0.2) is 21.6 Å². The highest BCUT2D eigenvalue weighted by atomic mass is 32.2. The Morgan fingerprint density at radius 1 is 1.04 bits per heavy atom. The van der Waals surface area contributed by atoms with E-state index < -0.39 is 20.0 Å². The summed E-state index contributed by atoms with van der Waals surface area (Å²) in [6.45, 7) is 4.74. The number of benzene rings is 1. The van der Waals surface area contributed by atoms with E-state index in [-0.39, 0.29) is 0 Å². The Morgan fingerprint density at radius 3 is 2.22 bits per heavy atom. The quantitative estimate of drug-likeness (QED) is 0.761. The molecular formula is C14H23N3O4S2. The fraction of sp³-hybridized carbons (Fsp3) is 0.571. The van der Waals surface area contributed by atoms with Gasteiger partial charge in [0.2, 0.25) is 20.0 Å². The summed E-state index contributed by atoms with van der Waals surface area (Å²) in [5.41, 5.74) is 0.710. The van der Waals surface area contributed by atoms with E-state index in [2.05, 4.69) is 9.62 Å². The second-order valence-electron chi connectivity index (χ2n) is 5.67. The highest BCUT2D eigenvalue weighted by Crippen LogP contribution is 2.13. The van der Waals surface area contributed by atoms with Crippen LogP contribution in [0.5, 0.6) is 0 Å². The lowest BCUT2D eigenvalue weighted by molar-refractivity contribution is 0.192. The lowest BCUT2D eigenvalue weighted by Crippen LogP contribution is -2.49. The van der Waals surface area contributed by atoms with E-state index in [9.17, 15) is 16.8 Å². The van der Waals surface area contributed by atoms with Crippen LogP contribution in [0.25, 0.3) is 0 Å². The van der Waals surface area contributed by atoms with Crippen molar-refractivity contribution in [1.82, 2.24) is 13.9 Å². The number of sulfonamides is 2. The van der Waals surface area contributed by atoms with E-state index in [0.717, 1.165) is 0 Å².